The number of rotatable bonds is 1. The summed E-state index contributed by atoms with van der Waals surface area (Å²) in [5.41, 5.74) is 0. The van der Waals surface area contributed by atoms with Crippen molar-refractivity contribution in [2.45, 2.75) is 0 Å². The van der Waals surface area contributed by atoms with E-state index in [0.717, 1.165) is 14.1 Å². The first-order chi connectivity index (χ1) is 6.27. The molecule has 0 aliphatic carbocycles. The van der Waals surface area contributed by atoms with E-state index in [-0.39, 0.29) is 4.55 Å². The van der Waals surface area contributed by atoms with Crippen molar-refractivity contribution < 1.29 is 21.3 Å². The largest absolute Gasteiger partial charge is 0.394 e. The fourth-order valence-electron chi connectivity index (χ4n) is 0.736. The van der Waals surface area contributed by atoms with E-state index in [1.807, 2.05) is 0 Å². The molecule has 0 spiro atoms. The maximum atomic E-state index is 13.0. The van der Waals surface area contributed by atoms with E-state index in [1.54, 1.807) is 0 Å². The summed E-state index contributed by atoms with van der Waals surface area (Å²) in [5.74, 6) is 0. The predicted molar refractivity (Wildman–Crippen MR) is 46.1 cm³/mol. The summed E-state index contributed by atoms with van der Waals surface area (Å²) in [6, 6.07) is 0. The number of hydrogen-bond acceptors (Lipinski definition) is 4. The summed E-state index contributed by atoms with van der Waals surface area (Å²) in [6.07, 6.45) is 0. The number of halogens is 5. The summed E-state index contributed by atoms with van der Waals surface area (Å²) < 4.78 is 65.4. The molecule has 0 radical (unpaired) electrons. The van der Waals surface area contributed by atoms with Gasteiger partial charge in [-0.1, -0.05) is 4.55 Å². The maximum Gasteiger partial charge on any atom is 0.394 e. The quantitative estimate of drug-likeness (QED) is 0.405. The van der Waals surface area contributed by atoms with E-state index in [9.17, 15) is 21.3 Å². The van der Waals surface area contributed by atoms with Crippen LogP contribution in [0.25, 0.3) is 0 Å². The van der Waals surface area contributed by atoms with Gasteiger partial charge in [-0.25, -0.2) is 5.01 Å². The van der Waals surface area contributed by atoms with E-state index in [4.69, 9.17) is 0 Å². The van der Waals surface area contributed by atoms with Gasteiger partial charge in [0, 0.05) is 14.1 Å². The second-order valence-corrected chi connectivity index (χ2v) is 7.06. The number of hydrazine groups is 1. The van der Waals surface area contributed by atoms with Crippen molar-refractivity contribution in [1.82, 2.24) is 14.2 Å². The lowest BCUT2D eigenvalue weighted by Crippen LogP contribution is -2.30. The Morgan fingerprint density at radius 3 is 2.21 bits per heavy atom. The molecular formula is C2H6F5N4P3. The fraction of sp³-hybridized carbons (Fsp3) is 1.00. The first-order valence-corrected chi connectivity index (χ1v) is 6.89. The lowest BCUT2D eigenvalue weighted by molar-refractivity contribution is 0.170. The van der Waals surface area contributed by atoms with Crippen LogP contribution >= 0.6 is 24.9 Å². The molecule has 2 unspecified atom stereocenters. The monoisotopic (exact) mass is 274 g/mol. The van der Waals surface area contributed by atoms with Gasteiger partial charge in [-0.2, -0.15) is 21.3 Å². The van der Waals surface area contributed by atoms with E-state index in [0.29, 0.717) is 5.01 Å². The Bertz CT molecular complexity index is 268. The third-order valence-corrected chi connectivity index (χ3v) is 6.59. The second kappa shape index (κ2) is 4.24. The van der Waals surface area contributed by atoms with Crippen LogP contribution in [0.2, 0.25) is 0 Å². The number of nitrogens with zero attached hydrogens (tertiary/aromatic N) is 4. The summed E-state index contributed by atoms with van der Waals surface area (Å²) in [4.78, 5) is 0. The van der Waals surface area contributed by atoms with E-state index in [1.165, 1.54) is 0 Å². The third kappa shape index (κ3) is 2.23. The topological polar surface area (TPSA) is 22.1 Å². The van der Waals surface area contributed by atoms with Crippen molar-refractivity contribution in [3.05, 3.63) is 0 Å². The molecule has 2 atom stereocenters. The Morgan fingerprint density at radius 2 is 1.79 bits per heavy atom. The molecule has 0 aromatic carbocycles. The molecule has 0 fully saturated rings. The van der Waals surface area contributed by atoms with Crippen LogP contribution in [0.15, 0.2) is 4.52 Å². The zero-order chi connectivity index (χ0) is 11.1. The summed E-state index contributed by atoms with van der Waals surface area (Å²) >= 11 is 0. The molecule has 1 heterocycles. The Labute approximate surface area is 79.9 Å². The van der Waals surface area contributed by atoms with Crippen molar-refractivity contribution >= 4 is 24.9 Å². The molecule has 1 aliphatic rings. The van der Waals surface area contributed by atoms with Gasteiger partial charge >= 0.3 is 16.4 Å². The zero-order valence-corrected chi connectivity index (χ0v) is 9.70. The summed E-state index contributed by atoms with van der Waals surface area (Å²) in [6.45, 7) is 0. The predicted octanol–water partition coefficient (Wildman–Crippen LogP) is 4.24. The average Bonchev–Trinajstić information content (AvgIpc) is 1.98. The standard InChI is InChI=1S/C2H6F5N4P3/c1-9(2)11-13(5)10(3)12(4)8-14(11,6)7/h1-2H3. The SMILES string of the molecule is CN(C)N1P(F)N(F)P(F)N=P1(F)F. The zero-order valence-electron chi connectivity index (χ0n) is 7.02. The second-order valence-electron chi connectivity index (χ2n) is 2.38. The van der Waals surface area contributed by atoms with Crippen molar-refractivity contribution in [3.63, 3.8) is 0 Å². The van der Waals surface area contributed by atoms with E-state index >= 15 is 0 Å². The molecule has 0 saturated carbocycles. The molecular weight excluding hydrogens is 268 g/mol. The molecule has 0 amide bonds. The molecule has 1 aliphatic heterocycles. The fourth-order valence-corrected chi connectivity index (χ4v) is 5.32. The minimum atomic E-state index is -5.24. The van der Waals surface area contributed by atoms with Crippen LogP contribution in [0, 0.1) is 0 Å². The van der Waals surface area contributed by atoms with Gasteiger partial charge in [-0.3, -0.25) is 0 Å². The lowest BCUT2D eigenvalue weighted by atomic mass is 11.2. The van der Waals surface area contributed by atoms with Gasteiger partial charge in [0.05, 0.1) is 0 Å². The van der Waals surface area contributed by atoms with Crippen LogP contribution in [0.3, 0.4) is 0 Å². The number of hydrogen-bond donors (Lipinski definition) is 0. The third-order valence-electron chi connectivity index (χ3n) is 1.17. The van der Waals surface area contributed by atoms with Gasteiger partial charge in [0.15, 0.2) is 0 Å². The van der Waals surface area contributed by atoms with Crippen molar-refractivity contribution in [2.75, 3.05) is 14.1 Å². The van der Waals surface area contributed by atoms with Crippen LogP contribution in [0.1, 0.15) is 0 Å². The van der Waals surface area contributed by atoms with Crippen LogP contribution in [-0.2, 0) is 0 Å². The molecule has 84 valence electrons. The molecule has 0 saturated heterocycles. The summed E-state index contributed by atoms with van der Waals surface area (Å²) in [7, 11) is -10.1. The molecule has 1 rings (SSSR count). The normalized spacial score (nSPS) is 34.6. The maximum absolute atomic E-state index is 13.0. The Hall–Kier alpha value is 0.620. The summed E-state index contributed by atoms with van der Waals surface area (Å²) in [5, 5.41) is 0.678. The highest BCUT2D eigenvalue weighted by atomic mass is 31.3. The average molecular weight is 274 g/mol. The van der Waals surface area contributed by atoms with Gasteiger partial charge in [-0.05, 0) is 4.66 Å². The van der Waals surface area contributed by atoms with Crippen LogP contribution in [-0.4, -0.2) is 28.3 Å². The van der Waals surface area contributed by atoms with Gasteiger partial charge in [0.25, 0.3) is 8.53 Å². The van der Waals surface area contributed by atoms with Crippen LogP contribution in [0.5, 0.6) is 0 Å². The highest BCUT2D eigenvalue weighted by Gasteiger charge is 2.50. The Balaban J connectivity index is 3.09. The van der Waals surface area contributed by atoms with E-state index in [2.05, 4.69) is 4.52 Å². The van der Waals surface area contributed by atoms with Gasteiger partial charge in [0.2, 0.25) is 0 Å². The van der Waals surface area contributed by atoms with Gasteiger partial charge in [-0.15, -0.1) is 4.48 Å². The van der Waals surface area contributed by atoms with Gasteiger partial charge < -0.3 is 0 Å². The Morgan fingerprint density at radius 1 is 1.29 bits per heavy atom. The van der Waals surface area contributed by atoms with Crippen LogP contribution in [0.4, 0.5) is 21.3 Å². The first kappa shape index (κ1) is 12.7. The van der Waals surface area contributed by atoms with Crippen molar-refractivity contribution in [3.8, 4) is 0 Å². The molecule has 0 aromatic rings. The molecule has 4 nitrogen and oxygen atoms in total. The first-order valence-electron chi connectivity index (χ1n) is 3.14. The van der Waals surface area contributed by atoms with Gasteiger partial charge in [0.1, 0.15) is 0 Å². The molecule has 0 bridgehead atoms. The molecule has 12 heteroatoms. The minimum Gasteiger partial charge on any atom is -0.232 e. The molecule has 0 N–H and O–H groups in total. The van der Waals surface area contributed by atoms with Crippen LogP contribution < -0.4 is 0 Å². The lowest BCUT2D eigenvalue weighted by Gasteiger charge is -2.35. The molecule has 0 aromatic heterocycles. The minimum absolute atomic E-state index is 0.138. The highest BCUT2D eigenvalue weighted by Crippen LogP contribution is 2.80. The van der Waals surface area contributed by atoms with Crippen molar-refractivity contribution in [2.24, 2.45) is 4.52 Å². The Kier molecular flexibility index (Phi) is 3.84. The van der Waals surface area contributed by atoms with E-state index < -0.39 is 29.6 Å². The smallest absolute Gasteiger partial charge is 0.232 e. The highest BCUT2D eigenvalue weighted by molar-refractivity contribution is 7.77. The molecule has 14 heavy (non-hydrogen) atoms. The van der Waals surface area contributed by atoms with Crippen molar-refractivity contribution in [1.29, 1.82) is 0 Å².